The van der Waals surface area contributed by atoms with Gasteiger partial charge in [0.1, 0.15) is 22.3 Å². The predicted molar refractivity (Wildman–Crippen MR) is 130 cm³/mol. The molecule has 0 bridgehead atoms. The SMILES string of the molecule is CCOC(=O)c1c(NC(=O)CS(=O)(=O)c2nnc(-c3cc(OC)cc(OC)c3)o2)sc2c1CCCC2. The number of benzene rings is 1. The normalized spacial score (nSPS) is 13.1. The van der Waals surface area contributed by atoms with Crippen molar-refractivity contribution in [2.24, 2.45) is 0 Å². The highest BCUT2D eigenvalue weighted by Gasteiger charge is 2.30. The minimum Gasteiger partial charge on any atom is -0.497 e. The standard InChI is InChI=1S/C23H25N3O8S2/c1-4-33-22(28)19-16-7-5-6-8-17(16)35-21(19)24-18(27)12-36(29,30)23-26-25-20(34-23)13-9-14(31-2)11-15(10-13)32-3/h9-11H,4-8,12H2,1-3H3,(H,24,27). The zero-order valence-electron chi connectivity index (χ0n) is 20.0. The first-order valence-electron chi connectivity index (χ1n) is 11.2. The van der Waals surface area contributed by atoms with E-state index in [0.29, 0.717) is 29.0 Å². The van der Waals surface area contributed by atoms with E-state index >= 15 is 0 Å². The monoisotopic (exact) mass is 535 g/mol. The maximum Gasteiger partial charge on any atom is 0.341 e. The van der Waals surface area contributed by atoms with Gasteiger partial charge < -0.3 is 23.9 Å². The molecule has 0 unspecified atom stereocenters. The van der Waals surface area contributed by atoms with Gasteiger partial charge in [0.2, 0.25) is 21.6 Å². The topological polar surface area (TPSA) is 147 Å². The molecule has 13 heteroatoms. The van der Waals surface area contributed by atoms with Gasteiger partial charge in [0.15, 0.2) is 0 Å². The molecule has 4 rings (SSSR count). The van der Waals surface area contributed by atoms with Crippen LogP contribution in [0.1, 0.15) is 40.6 Å². The van der Waals surface area contributed by atoms with Gasteiger partial charge in [-0.25, -0.2) is 13.2 Å². The molecular formula is C23H25N3O8S2. The Balaban J connectivity index is 1.54. The summed E-state index contributed by atoms with van der Waals surface area (Å²) in [4.78, 5) is 26.3. The van der Waals surface area contributed by atoms with E-state index in [-0.39, 0.29) is 17.5 Å². The number of sulfone groups is 1. The van der Waals surface area contributed by atoms with E-state index < -0.39 is 32.7 Å². The number of carbonyl (C=O) groups is 2. The molecule has 2 heterocycles. The third-order valence-corrected chi connectivity index (χ3v) is 8.04. The molecule has 3 aromatic rings. The lowest BCUT2D eigenvalue weighted by Gasteiger charge is -2.12. The number of rotatable bonds is 9. The van der Waals surface area contributed by atoms with Crippen LogP contribution in [0.15, 0.2) is 27.8 Å². The number of methoxy groups -OCH3 is 2. The van der Waals surface area contributed by atoms with E-state index in [4.69, 9.17) is 18.6 Å². The predicted octanol–water partition coefficient (Wildman–Crippen LogP) is 3.28. The number of ether oxygens (including phenoxy) is 3. The molecule has 1 aromatic carbocycles. The van der Waals surface area contributed by atoms with Crippen LogP contribution in [0, 0.1) is 0 Å². The highest BCUT2D eigenvalue weighted by molar-refractivity contribution is 7.91. The fourth-order valence-corrected chi connectivity index (χ4v) is 6.06. The molecule has 0 atom stereocenters. The Labute approximate surface area is 211 Å². The number of nitrogens with zero attached hydrogens (tertiary/aromatic N) is 2. The van der Waals surface area contributed by atoms with Gasteiger partial charge in [-0.3, -0.25) is 4.79 Å². The third-order valence-electron chi connectivity index (χ3n) is 5.50. The Bertz CT molecular complexity index is 1370. The Hall–Kier alpha value is -3.45. The minimum atomic E-state index is -4.27. The molecule has 0 aliphatic heterocycles. The summed E-state index contributed by atoms with van der Waals surface area (Å²) in [6, 6.07) is 4.79. The molecule has 192 valence electrons. The summed E-state index contributed by atoms with van der Waals surface area (Å²) in [6.45, 7) is 1.88. The van der Waals surface area contributed by atoms with E-state index in [1.807, 2.05) is 0 Å². The molecule has 0 fully saturated rings. The summed E-state index contributed by atoms with van der Waals surface area (Å²) in [7, 11) is -1.33. The van der Waals surface area contributed by atoms with Gasteiger partial charge in [0.05, 0.1) is 26.4 Å². The number of aromatic nitrogens is 2. The van der Waals surface area contributed by atoms with Gasteiger partial charge >= 0.3 is 11.2 Å². The third kappa shape index (κ3) is 5.36. The largest absolute Gasteiger partial charge is 0.497 e. The first-order chi connectivity index (χ1) is 17.2. The molecule has 1 aliphatic rings. The van der Waals surface area contributed by atoms with Crippen molar-refractivity contribution in [1.29, 1.82) is 0 Å². The van der Waals surface area contributed by atoms with Gasteiger partial charge in [0, 0.05) is 16.5 Å². The summed E-state index contributed by atoms with van der Waals surface area (Å²) in [5.41, 5.74) is 1.54. The van der Waals surface area contributed by atoms with Gasteiger partial charge in [-0.2, -0.15) is 0 Å². The van der Waals surface area contributed by atoms with Crippen molar-refractivity contribution in [2.75, 3.05) is 31.9 Å². The van der Waals surface area contributed by atoms with E-state index in [1.165, 1.54) is 25.6 Å². The Kier molecular flexibility index (Phi) is 7.59. The lowest BCUT2D eigenvalue weighted by atomic mass is 9.95. The van der Waals surface area contributed by atoms with Crippen molar-refractivity contribution < 1.29 is 36.6 Å². The van der Waals surface area contributed by atoms with Crippen molar-refractivity contribution in [3.05, 3.63) is 34.2 Å². The molecule has 0 saturated heterocycles. The van der Waals surface area contributed by atoms with Crippen LogP contribution in [0.25, 0.3) is 11.5 Å². The molecule has 1 amide bonds. The first-order valence-corrected chi connectivity index (χ1v) is 13.6. The van der Waals surface area contributed by atoms with Crippen LogP contribution >= 0.6 is 11.3 Å². The number of thiophene rings is 1. The highest BCUT2D eigenvalue weighted by atomic mass is 32.2. The first kappa shape index (κ1) is 25.6. The van der Waals surface area contributed by atoms with Crippen LogP contribution in [0.5, 0.6) is 11.5 Å². The zero-order valence-corrected chi connectivity index (χ0v) is 21.6. The number of anilines is 1. The van der Waals surface area contributed by atoms with Gasteiger partial charge in [-0.15, -0.1) is 16.4 Å². The van der Waals surface area contributed by atoms with E-state index in [1.54, 1.807) is 25.1 Å². The van der Waals surface area contributed by atoms with Gasteiger partial charge in [-0.1, -0.05) is 5.10 Å². The van der Waals surface area contributed by atoms with Crippen LogP contribution in [0.3, 0.4) is 0 Å². The number of amides is 1. The molecule has 0 radical (unpaired) electrons. The molecule has 2 aromatic heterocycles. The number of fused-ring (bicyclic) bond motifs is 1. The number of esters is 1. The van der Waals surface area contributed by atoms with Crippen LogP contribution in [-0.2, 0) is 32.2 Å². The molecule has 11 nitrogen and oxygen atoms in total. The van der Waals surface area contributed by atoms with E-state index in [9.17, 15) is 18.0 Å². The maximum absolute atomic E-state index is 12.8. The highest BCUT2D eigenvalue weighted by Crippen LogP contribution is 2.38. The summed E-state index contributed by atoms with van der Waals surface area (Å²) >= 11 is 1.27. The molecule has 0 spiro atoms. The number of nitrogens with one attached hydrogen (secondary N) is 1. The average Bonchev–Trinajstić information content (AvgIpc) is 3.49. The fraction of sp³-hybridized carbons (Fsp3) is 0.391. The number of aryl methyl sites for hydroxylation is 1. The smallest absolute Gasteiger partial charge is 0.341 e. The van der Waals surface area contributed by atoms with Gasteiger partial charge in [0.25, 0.3) is 0 Å². The summed E-state index contributed by atoms with van der Waals surface area (Å²) < 4.78 is 46.6. The summed E-state index contributed by atoms with van der Waals surface area (Å²) in [6.07, 6.45) is 3.40. The lowest BCUT2D eigenvalue weighted by molar-refractivity contribution is -0.113. The van der Waals surface area contributed by atoms with Crippen molar-refractivity contribution in [1.82, 2.24) is 10.2 Å². The second-order valence-corrected chi connectivity index (χ2v) is 10.9. The second kappa shape index (κ2) is 10.7. The Morgan fingerprint density at radius 2 is 1.78 bits per heavy atom. The van der Waals surface area contributed by atoms with E-state index in [0.717, 1.165) is 29.7 Å². The summed E-state index contributed by atoms with van der Waals surface area (Å²) in [5, 5.41) is 9.58. The van der Waals surface area contributed by atoms with Crippen LogP contribution in [-0.4, -0.2) is 57.1 Å². The van der Waals surface area contributed by atoms with E-state index in [2.05, 4.69) is 15.5 Å². The molecule has 1 aliphatic carbocycles. The summed E-state index contributed by atoms with van der Waals surface area (Å²) in [5.74, 6) is -1.50. The average molecular weight is 536 g/mol. The quantitative estimate of drug-likeness (QED) is 0.405. The van der Waals surface area contributed by atoms with Crippen molar-refractivity contribution in [3.8, 4) is 23.0 Å². The molecule has 1 N–H and O–H groups in total. The van der Waals surface area contributed by atoms with Crippen molar-refractivity contribution in [3.63, 3.8) is 0 Å². The minimum absolute atomic E-state index is 0.0817. The Morgan fingerprint density at radius 3 is 2.44 bits per heavy atom. The lowest BCUT2D eigenvalue weighted by Crippen LogP contribution is -2.24. The van der Waals surface area contributed by atoms with Gasteiger partial charge in [-0.05, 0) is 50.3 Å². The van der Waals surface area contributed by atoms with Crippen molar-refractivity contribution in [2.45, 2.75) is 37.8 Å². The number of hydrogen-bond acceptors (Lipinski definition) is 11. The zero-order chi connectivity index (χ0) is 25.9. The van der Waals surface area contributed by atoms with Crippen molar-refractivity contribution >= 4 is 38.1 Å². The Morgan fingerprint density at radius 1 is 1.08 bits per heavy atom. The number of carbonyl (C=O) groups excluding carboxylic acids is 2. The molecular weight excluding hydrogens is 510 g/mol. The molecule has 0 saturated carbocycles. The van der Waals surface area contributed by atoms with Crippen LogP contribution in [0.4, 0.5) is 5.00 Å². The number of hydrogen-bond donors (Lipinski definition) is 1. The fourth-order valence-electron chi connectivity index (χ4n) is 3.85. The molecule has 36 heavy (non-hydrogen) atoms. The van der Waals surface area contributed by atoms with Crippen LogP contribution < -0.4 is 14.8 Å². The maximum atomic E-state index is 12.8. The second-order valence-electron chi connectivity index (χ2n) is 7.92. The van der Waals surface area contributed by atoms with Crippen LogP contribution in [0.2, 0.25) is 0 Å².